The van der Waals surface area contributed by atoms with Gasteiger partial charge in [-0.2, -0.15) is 12.6 Å². The van der Waals surface area contributed by atoms with E-state index in [1.54, 1.807) is 25.7 Å². The Morgan fingerprint density at radius 3 is 2.32 bits per heavy atom. The highest BCUT2D eigenvalue weighted by Crippen LogP contribution is 2.27. The van der Waals surface area contributed by atoms with Gasteiger partial charge in [-0.1, -0.05) is 67.4 Å². The number of amides is 3. The van der Waals surface area contributed by atoms with Crippen molar-refractivity contribution in [3.63, 3.8) is 0 Å². The Morgan fingerprint density at radius 1 is 1.05 bits per heavy atom. The average molecular weight is 528 g/mol. The minimum absolute atomic E-state index is 0.0614. The summed E-state index contributed by atoms with van der Waals surface area (Å²) in [6, 6.07) is 13.7. The number of nitrogens with zero attached hydrogens (tertiary/aromatic N) is 1. The second-order valence-electron chi connectivity index (χ2n) is 10.2. The Balaban J connectivity index is 2.45. The van der Waals surface area contributed by atoms with Gasteiger partial charge in [0, 0.05) is 18.8 Å². The fraction of sp³-hybridized carbons (Fsp3) is 0.483. The zero-order valence-corrected chi connectivity index (χ0v) is 23.7. The fourth-order valence-corrected chi connectivity index (χ4v) is 4.16. The van der Waals surface area contributed by atoms with Crippen LogP contribution in [0, 0.1) is 13.8 Å². The number of benzene rings is 2. The van der Waals surface area contributed by atoms with Gasteiger partial charge < -0.3 is 20.3 Å². The predicted molar refractivity (Wildman–Crippen MR) is 151 cm³/mol. The number of thiol groups is 1. The van der Waals surface area contributed by atoms with Crippen molar-refractivity contribution in [3.05, 3.63) is 70.8 Å². The van der Waals surface area contributed by atoms with Gasteiger partial charge in [0.1, 0.15) is 17.7 Å². The molecule has 0 spiro atoms. The molecule has 0 radical (unpaired) electrons. The third-order valence-corrected chi connectivity index (χ3v) is 6.17. The van der Waals surface area contributed by atoms with E-state index in [0.717, 1.165) is 28.7 Å². The third kappa shape index (κ3) is 9.43. The number of hydrogen-bond donors (Lipinski definition) is 3. The van der Waals surface area contributed by atoms with Crippen molar-refractivity contribution in [2.45, 2.75) is 78.6 Å². The van der Waals surface area contributed by atoms with Crippen molar-refractivity contribution in [3.8, 4) is 0 Å². The van der Waals surface area contributed by atoms with E-state index in [9.17, 15) is 14.4 Å². The highest BCUT2D eigenvalue weighted by atomic mass is 32.1. The maximum Gasteiger partial charge on any atom is 0.408 e. The number of ether oxygens (including phenoxy) is 1. The molecule has 8 heteroatoms. The van der Waals surface area contributed by atoms with Crippen molar-refractivity contribution < 1.29 is 19.1 Å². The molecule has 3 amide bonds. The van der Waals surface area contributed by atoms with Crippen LogP contribution in [0.1, 0.15) is 68.8 Å². The molecule has 0 aromatic heterocycles. The van der Waals surface area contributed by atoms with Crippen LogP contribution in [0.25, 0.3) is 0 Å². The summed E-state index contributed by atoms with van der Waals surface area (Å²) < 4.78 is 5.36. The van der Waals surface area contributed by atoms with Crippen LogP contribution in [-0.4, -0.2) is 46.7 Å². The SMILES string of the molecule is CCCCN(C(=O)C(CS)NC(=O)OC(C)(C)C)C(C(=O)NCc1ccccc1)c1cc(C)ccc1C. The molecule has 0 fully saturated rings. The Kier molecular flexibility index (Phi) is 11.5. The first-order valence-corrected chi connectivity index (χ1v) is 13.4. The minimum Gasteiger partial charge on any atom is -0.444 e. The Labute approximate surface area is 226 Å². The fourth-order valence-electron chi connectivity index (χ4n) is 3.92. The molecule has 0 aliphatic carbocycles. The number of unbranched alkanes of at least 4 members (excludes halogenated alkanes) is 1. The summed E-state index contributed by atoms with van der Waals surface area (Å²) in [6.07, 6.45) is 0.831. The molecule has 0 aliphatic heterocycles. The second-order valence-corrected chi connectivity index (χ2v) is 10.6. The van der Waals surface area contributed by atoms with Crippen molar-refractivity contribution in [1.29, 1.82) is 0 Å². The second kappa shape index (κ2) is 14.1. The average Bonchev–Trinajstić information content (AvgIpc) is 2.84. The largest absolute Gasteiger partial charge is 0.444 e. The van der Waals surface area contributed by atoms with Crippen molar-refractivity contribution in [1.82, 2.24) is 15.5 Å². The standard InChI is InChI=1S/C29H41N3O4S/c1-7-8-16-32(27(34)24(19-37)31-28(35)36-29(4,5)6)25(23-17-20(2)14-15-21(23)3)26(33)30-18-22-12-10-9-11-13-22/h9-15,17,24-25,37H,7-8,16,18-19H2,1-6H3,(H,30,33)(H,31,35). The summed E-state index contributed by atoms with van der Waals surface area (Å²) in [5.41, 5.74) is 2.89. The van der Waals surface area contributed by atoms with Gasteiger partial charge in [0.05, 0.1) is 0 Å². The van der Waals surface area contributed by atoms with Crippen molar-refractivity contribution in [2.75, 3.05) is 12.3 Å². The summed E-state index contributed by atoms with van der Waals surface area (Å²) in [5.74, 6) is -0.599. The summed E-state index contributed by atoms with van der Waals surface area (Å²) >= 11 is 4.34. The van der Waals surface area contributed by atoms with Crippen LogP contribution in [0.2, 0.25) is 0 Å². The van der Waals surface area contributed by atoms with E-state index in [1.165, 1.54) is 0 Å². The molecule has 2 aromatic carbocycles. The number of nitrogens with one attached hydrogen (secondary N) is 2. The van der Waals surface area contributed by atoms with Gasteiger partial charge in [-0.25, -0.2) is 4.79 Å². The lowest BCUT2D eigenvalue weighted by atomic mass is 9.96. The molecule has 2 unspecified atom stereocenters. The molecule has 7 nitrogen and oxygen atoms in total. The van der Waals surface area contributed by atoms with Crippen molar-refractivity contribution >= 4 is 30.5 Å². The molecule has 2 N–H and O–H groups in total. The molecule has 202 valence electrons. The molecule has 0 heterocycles. The zero-order chi connectivity index (χ0) is 27.6. The number of aryl methyl sites for hydroxylation is 2. The lowest BCUT2D eigenvalue weighted by Gasteiger charge is -2.35. The number of carbonyl (C=O) groups is 3. The highest BCUT2D eigenvalue weighted by Gasteiger charge is 2.36. The third-order valence-electron chi connectivity index (χ3n) is 5.81. The van der Waals surface area contributed by atoms with Gasteiger partial charge in [0.2, 0.25) is 11.8 Å². The normalized spacial score (nSPS) is 12.8. The van der Waals surface area contributed by atoms with Gasteiger partial charge in [-0.15, -0.1) is 0 Å². The first-order valence-electron chi connectivity index (χ1n) is 12.8. The van der Waals surface area contributed by atoms with Gasteiger partial charge in [0.15, 0.2) is 0 Å². The highest BCUT2D eigenvalue weighted by molar-refractivity contribution is 7.80. The van der Waals surface area contributed by atoms with Crippen LogP contribution < -0.4 is 10.6 Å². The monoisotopic (exact) mass is 527 g/mol. The van der Waals surface area contributed by atoms with Crippen LogP contribution in [-0.2, 0) is 20.9 Å². The van der Waals surface area contributed by atoms with E-state index in [1.807, 2.05) is 69.3 Å². The first-order chi connectivity index (χ1) is 17.5. The summed E-state index contributed by atoms with van der Waals surface area (Å²) in [4.78, 5) is 41.7. The number of hydrogen-bond acceptors (Lipinski definition) is 5. The smallest absolute Gasteiger partial charge is 0.408 e. The molecule has 0 saturated carbocycles. The maximum absolute atomic E-state index is 13.9. The number of alkyl carbamates (subject to hydrolysis) is 1. The summed E-state index contributed by atoms with van der Waals surface area (Å²) in [7, 11) is 0. The van der Waals surface area contributed by atoms with Gasteiger partial charge in [-0.3, -0.25) is 9.59 Å². The molecular formula is C29H41N3O4S. The quantitative estimate of drug-likeness (QED) is 0.354. The molecule has 2 aromatic rings. The molecule has 2 rings (SSSR count). The Hall–Kier alpha value is -3.00. The van der Waals surface area contributed by atoms with E-state index in [0.29, 0.717) is 19.5 Å². The van der Waals surface area contributed by atoms with Crippen LogP contribution in [0.5, 0.6) is 0 Å². The predicted octanol–water partition coefficient (Wildman–Crippen LogP) is 5.11. The zero-order valence-electron chi connectivity index (χ0n) is 22.8. The first kappa shape index (κ1) is 30.2. The van der Waals surface area contributed by atoms with Gasteiger partial charge in [0.25, 0.3) is 0 Å². The maximum atomic E-state index is 13.9. The molecule has 0 bridgehead atoms. The van der Waals surface area contributed by atoms with E-state index >= 15 is 0 Å². The Morgan fingerprint density at radius 2 is 1.73 bits per heavy atom. The lowest BCUT2D eigenvalue weighted by molar-refractivity contribution is -0.142. The van der Waals surface area contributed by atoms with Gasteiger partial charge in [-0.05, 0) is 57.7 Å². The molecule has 2 atom stereocenters. The lowest BCUT2D eigenvalue weighted by Crippen LogP contribution is -2.54. The van der Waals surface area contributed by atoms with Crippen molar-refractivity contribution in [2.24, 2.45) is 0 Å². The number of carbonyl (C=O) groups excluding carboxylic acids is 3. The summed E-state index contributed by atoms with van der Waals surface area (Å²) in [6.45, 7) is 11.9. The minimum atomic E-state index is -0.954. The summed E-state index contributed by atoms with van der Waals surface area (Å²) in [5, 5.41) is 5.67. The van der Waals surface area contributed by atoms with Crippen LogP contribution in [0.15, 0.2) is 48.5 Å². The molecule has 0 aliphatic rings. The van der Waals surface area contributed by atoms with E-state index in [-0.39, 0.29) is 17.6 Å². The molecule has 37 heavy (non-hydrogen) atoms. The van der Waals surface area contributed by atoms with E-state index in [4.69, 9.17) is 4.74 Å². The van der Waals surface area contributed by atoms with Crippen LogP contribution >= 0.6 is 12.6 Å². The molecule has 0 saturated heterocycles. The van der Waals surface area contributed by atoms with Crippen LogP contribution in [0.3, 0.4) is 0 Å². The number of rotatable bonds is 11. The van der Waals surface area contributed by atoms with E-state index in [2.05, 4.69) is 23.3 Å². The van der Waals surface area contributed by atoms with Gasteiger partial charge >= 0.3 is 6.09 Å². The topological polar surface area (TPSA) is 87.7 Å². The Bertz CT molecular complexity index is 1050. The van der Waals surface area contributed by atoms with Crippen LogP contribution in [0.4, 0.5) is 4.79 Å². The molecular weight excluding hydrogens is 486 g/mol. The van der Waals surface area contributed by atoms with E-state index < -0.39 is 23.8 Å².